The molecule has 1 saturated heterocycles. The molecule has 0 bridgehead atoms. The van der Waals surface area contributed by atoms with Gasteiger partial charge in [0.2, 0.25) is 0 Å². The molecule has 122 valence electrons. The molecule has 1 aliphatic rings. The Balaban J connectivity index is 1.78. The number of hydrogen-bond acceptors (Lipinski definition) is 6. The van der Waals surface area contributed by atoms with E-state index in [0.717, 1.165) is 11.3 Å². The summed E-state index contributed by atoms with van der Waals surface area (Å²) in [7, 11) is 0. The van der Waals surface area contributed by atoms with Crippen LogP contribution in [0.15, 0.2) is 42.5 Å². The molecule has 23 heavy (non-hydrogen) atoms. The maximum atomic E-state index is 10.0. The minimum atomic E-state index is -1.21. The topological polar surface area (TPSA) is 82.8 Å². The molecule has 1 aromatic heterocycles. The number of benzene rings is 1. The summed E-state index contributed by atoms with van der Waals surface area (Å²) in [6.07, 6.45) is -3.31. The standard InChI is InChI=1S/C16H16ClNO4S/c17-13-6-2-5-11(18-13)9-3-1-4-10(7-9)22-16-15(21)14(20)12(19)8-23-16/h1-7,12,14-16,19-21H,8H2/t12-,14+,15-,16-/m1/s1. The molecule has 3 rings (SSSR count). The van der Waals surface area contributed by atoms with Gasteiger partial charge in [-0.15, -0.1) is 11.8 Å². The van der Waals surface area contributed by atoms with Crippen LogP contribution in [0.25, 0.3) is 11.3 Å². The summed E-state index contributed by atoms with van der Waals surface area (Å²) >= 11 is 7.17. The van der Waals surface area contributed by atoms with Crippen LogP contribution in [0.1, 0.15) is 0 Å². The highest BCUT2D eigenvalue weighted by Crippen LogP contribution is 2.31. The fourth-order valence-corrected chi connectivity index (χ4v) is 3.60. The number of ether oxygens (including phenoxy) is 1. The van der Waals surface area contributed by atoms with Crippen LogP contribution in [0.3, 0.4) is 0 Å². The Morgan fingerprint density at radius 1 is 1.09 bits per heavy atom. The van der Waals surface area contributed by atoms with Gasteiger partial charge in [0.05, 0.1) is 11.8 Å². The molecular formula is C16H16ClNO4S. The molecule has 1 aliphatic heterocycles. The Morgan fingerprint density at radius 3 is 2.65 bits per heavy atom. The fourth-order valence-electron chi connectivity index (χ4n) is 2.31. The van der Waals surface area contributed by atoms with E-state index in [4.69, 9.17) is 16.3 Å². The average molecular weight is 354 g/mol. The maximum Gasteiger partial charge on any atom is 0.173 e. The second-order valence-electron chi connectivity index (χ2n) is 5.24. The van der Waals surface area contributed by atoms with Crippen molar-refractivity contribution in [3.63, 3.8) is 0 Å². The molecular weight excluding hydrogens is 338 g/mol. The Kier molecular flexibility index (Phi) is 5.08. The molecule has 3 N–H and O–H groups in total. The molecule has 0 spiro atoms. The van der Waals surface area contributed by atoms with Crippen molar-refractivity contribution in [2.45, 2.75) is 23.7 Å². The molecule has 0 aliphatic carbocycles. The predicted molar refractivity (Wildman–Crippen MR) is 89.6 cm³/mol. The van der Waals surface area contributed by atoms with E-state index in [1.54, 1.807) is 18.2 Å². The fraction of sp³-hybridized carbons (Fsp3) is 0.312. The van der Waals surface area contributed by atoms with Crippen LogP contribution in [-0.2, 0) is 0 Å². The summed E-state index contributed by atoms with van der Waals surface area (Å²) in [6, 6.07) is 12.6. The van der Waals surface area contributed by atoms with Crippen molar-refractivity contribution in [2.24, 2.45) is 0 Å². The van der Waals surface area contributed by atoms with Crippen LogP contribution in [0.2, 0.25) is 5.15 Å². The zero-order chi connectivity index (χ0) is 16.4. The van der Waals surface area contributed by atoms with Crippen LogP contribution in [0, 0.1) is 0 Å². The third-order valence-corrected chi connectivity index (χ3v) is 5.00. The van der Waals surface area contributed by atoms with E-state index in [2.05, 4.69) is 4.98 Å². The number of pyridine rings is 1. The molecule has 1 fully saturated rings. The lowest BCUT2D eigenvalue weighted by molar-refractivity contribution is -0.0786. The van der Waals surface area contributed by atoms with Crippen molar-refractivity contribution in [3.8, 4) is 17.0 Å². The van der Waals surface area contributed by atoms with Crippen LogP contribution in [0.5, 0.6) is 5.75 Å². The molecule has 2 aromatic rings. The first-order valence-electron chi connectivity index (χ1n) is 7.10. The number of rotatable bonds is 3. The lowest BCUT2D eigenvalue weighted by Crippen LogP contribution is -2.50. The van der Waals surface area contributed by atoms with Crippen LogP contribution in [-0.4, -0.2) is 49.8 Å². The van der Waals surface area contributed by atoms with Gasteiger partial charge in [0.25, 0.3) is 0 Å². The predicted octanol–water partition coefficient (Wildman–Crippen LogP) is 1.94. The largest absolute Gasteiger partial charge is 0.477 e. The Hall–Kier alpha value is -1.31. The Bertz CT molecular complexity index is 687. The van der Waals surface area contributed by atoms with E-state index < -0.39 is 23.7 Å². The van der Waals surface area contributed by atoms with Crippen molar-refractivity contribution in [1.82, 2.24) is 4.98 Å². The quantitative estimate of drug-likeness (QED) is 0.731. The van der Waals surface area contributed by atoms with E-state index in [1.165, 1.54) is 11.8 Å². The molecule has 4 atom stereocenters. The third-order valence-electron chi connectivity index (χ3n) is 3.55. The zero-order valence-corrected chi connectivity index (χ0v) is 13.6. The normalized spacial score (nSPS) is 27.7. The number of thioether (sulfide) groups is 1. The van der Waals surface area contributed by atoms with Crippen LogP contribution >= 0.6 is 23.4 Å². The van der Waals surface area contributed by atoms with Crippen molar-refractivity contribution in [3.05, 3.63) is 47.6 Å². The summed E-state index contributed by atoms with van der Waals surface area (Å²) in [5.41, 5.74) is 0.909. The van der Waals surface area contributed by atoms with Gasteiger partial charge in [-0.05, 0) is 24.3 Å². The summed E-state index contributed by atoms with van der Waals surface area (Å²) in [6.45, 7) is 0. The van der Waals surface area contributed by atoms with Crippen molar-refractivity contribution in [2.75, 3.05) is 5.75 Å². The van der Waals surface area contributed by atoms with E-state index >= 15 is 0 Å². The van der Waals surface area contributed by atoms with Crippen molar-refractivity contribution in [1.29, 1.82) is 0 Å². The summed E-state index contributed by atoms with van der Waals surface area (Å²) < 4.78 is 5.76. The maximum absolute atomic E-state index is 10.0. The molecule has 0 unspecified atom stereocenters. The van der Waals surface area contributed by atoms with Gasteiger partial charge in [-0.2, -0.15) is 0 Å². The van der Waals surface area contributed by atoms with Gasteiger partial charge < -0.3 is 20.1 Å². The van der Waals surface area contributed by atoms with E-state index in [1.807, 2.05) is 24.3 Å². The smallest absolute Gasteiger partial charge is 0.173 e. The monoisotopic (exact) mass is 353 g/mol. The lowest BCUT2D eigenvalue weighted by Gasteiger charge is -2.34. The molecule has 7 heteroatoms. The molecule has 0 saturated carbocycles. The number of hydrogen-bond donors (Lipinski definition) is 3. The number of halogens is 1. The van der Waals surface area contributed by atoms with E-state index in [9.17, 15) is 15.3 Å². The van der Waals surface area contributed by atoms with Gasteiger partial charge in [0, 0.05) is 11.3 Å². The summed E-state index contributed by atoms with van der Waals surface area (Å²) in [5.74, 6) is 0.850. The first-order valence-corrected chi connectivity index (χ1v) is 8.53. The lowest BCUT2D eigenvalue weighted by atomic mass is 10.1. The average Bonchev–Trinajstić information content (AvgIpc) is 2.56. The molecule has 2 heterocycles. The van der Waals surface area contributed by atoms with Gasteiger partial charge in [-0.1, -0.05) is 29.8 Å². The minimum Gasteiger partial charge on any atom is -0.477 e. The third kappa shape index (κ3) is 3.79. The van der Waals surface area contributed by atoms with Crippen molar-refractivity contribution >= 4 is 23.4 Å². The Morgan fingerprint density at radius 2 is 1.87 bits per heavy atom. The highest BCUT2D eigenvalue weighted by molar-refractivity contribution is 7.99. The number of aliphatic hydroxyl groups is 3. The molecule has 5 nitrogen and oxygen atoms in total. The molecule has 0 amide bonds. The first kappa shape index (κ1) is 16.5. The summed E-state index contributed by atoms with van der Waals surface area (Å²) in [5, 5.41) is 29.7. The molecule has 1 aromatic carbocycles. The van der Waals surface area contributed by atoms with Gasteiger partial charge in [0.1, 0.15) is 23.1 Å². The van der Waals surface area contributed by atoms with Gasteiger partial charge >= 0.3 is 0 Å². The van der Waals surface area contributed by atoms with Crippen molar-refractivity contribution < 1.29 is 20.1 Å². The second kappa shape index (κ2) is 7.07. The number of nitrogens with zero attached hydrogens (tertiary/aromatic N) is 1. The second-order valence-corrected chi connectivity index (χ2v) is 6.76. The SMILES string of the molecule is O[C@@H]1[C@@H](O)[C@H](Oc2cccc(-c3cccc(Cl)n3)c2)SC[C@H]1O. The number of aromatic nitrogens is 1. The van der Waals surface area contributed by atoms with Gasteiger partial charge in [-0.3, -0.25) is 0 Å². The molecule has 0 radical (unpaired) electrons. The van der Waals surface area contributed by atoms with E-state index in [0.29, 0.717) is 16.7 Å². The first-order chi connectivity index (χ1) is 11.0. The highest BCUT2D eigenvalue weighted by atomic mass is 35.5. The van der Waals surface area contributed by atoms with Crippen LogP contribution < -0.4 is 4.74 Å². The minimum absolute atomic E-state index is 0.304. The Labute approximate surface area is 142 Å². The van der Waals surface area contributed by atoms with Crippen LogP contribution in [0.4, 0.5) is 0 Å². The highest BCUT2D eigenvalue weighted by Gasteiger charge is 2.38. The number of aliphatic hydroxyl groups excluding tert-OH is 3. The zero-order valence-electron chi connectivity index (χ0n) is 12.0. The summed E-state index contributed by atoms with van der Waals surface area (Å²) in [4.78, 5) is 4.25. The van der Waals surface area contributed by atoms with Gasteiger partial charge in [-0.25, -0.2) is 4.98 Å². The van der Waals surface area contributed by atoms with Gasteiger partial charge in [0.15, 0.2) is 5.44 Å². The van der Waals surface area contributed by atoms with E-state index in [-0.39, 0.29) is 0 Å².